The van der Waals surface area contributed by atoms with Gasteiger partial charge in [-0.1, -0.05) is 0 Å². The molecule has 0 aliphatic heterocycles. The van der Waals surface area contributed by atoms with Gasteiger partial charge in [0, 0.05) is 0 Å². The molecule has 0 heterocycles. The van der Waals surface area contributed by atoms with E-state index in [-0.39, 0.29) is 24.8 Å². The Labute approximate surface area is 123 Å². The molecule has 1 aliphatic rings. The summed E-state index contributed by atoms with van der Waals surface area (Å²) in [5.74, 6) is 0. The van der Waals surface area contributed by atoms with Crippen molar-refractivity contribution in [3.63, 3.8) is 0 Å². The van der Waals surface area contributed by atoms with Crippen LogP contribution in [0.4, 0.5) is 0 Å². The van der Waals surface area contributed by atoms with Crippen LogP contribution in [0.2, 0.25) is 0 Å². The molecule has 0 unspecified atom stereocenters. The van der Waals surface area contributed by atoms with Crippen molar-refractivity contribution in [2.24, 2.45) is 0 Å². The van der Waals surface area contributed by atoms with Gasteiger partial charge in [-0.25, -0.2) is 0 Å². The Bertz CT molecular complexity index is 451. The third-order valence-electron chi connectivity index (χ3n) is 2.83. The quantitative estimate of drug-likeness (QED) is 0.566. The first-order chi connectivity index (χ1) is 6.88. The Balaban J connectivity index is 0.000000640. The van der Waals surface area contributed by atoms with Crippen molar-refractivity contribution in [2.75, 3.05) is 0 Å². The molecule has 2 aromatic carbocycles. The monoisotopic (exact) mass is 417 g/mol. The van der Waals surface area contributed by atoms with Crippen LogP contribution >= 0.6 is 24.8 Å². The fourth-order valence-electron chi connectivity index (χ4n) is 2.16. The minimum atomic E-state index is 0. The van der Waals surface area contributed by atoms with Crippen LogP contribution in [0.5, 0.6) is 0 Å². The topological polar surface area (TPSA) is 0 Å². The van der Waals surface area contributed by atoms with Crippen LogP contribution in [0.1, 0.15) is 14.8 Å². The minimum absolute atomic E-state index is 0. The van der Waals surface area contributed by atoms with Crippen LogP contribution in [0.25, 0.3) is 11.1 Å². The molecule has 0 spiro atoms. The van der Waals surface area contributed by atoms with E-state index >= 15 is 0 Å². The molecule has 0 aromatic heterocycles. The van der Waals surface area contributed by atoms with Crippen LogP contribution in [0, 0.1) is 0 Å². The fraction of sp³-hybridized carbons (Fsp3) is 0.0769. The van der Waals surface area contributed by atoms with Crippen LogP contribution in [-0.4, -0.2) is 0 Å². The SMILES string of the molecule is Cl.Cl.[Hf][CH]1c2ccccc2-c2ccccc21. The Morgan fingerprint density at radius 1 is 0.688 bits per heavy atom. The zero-order chi connectivity index (χ0) is 9.54. The summed E-state index contributed by atoms with van der Waals surface area (Å²) in [7, 11) is 0. The fourth-order valence-corrected chi connectivity index (χ4v) is 3.96. The second-order valence-electron chi connectivity index (χ2n) is 3.61. The van der Waals surface area contributed by atoms with Gasteiger partial charge < -0.3 is 0 Å². The molecular weight excluding hydrogens is 406 g/mol. The molecule has 1 aliphatic carbocycles. The zero-order valence-electron chi connectivity index (χ0n) is 8.51. The van der Waals surface area contributed by atoms with E-state index in [1.54, 1.807) is 0 Å². The zero-order valence-corrected chi connectivity index (χ0v) is 13.7. The van der Waals surface area contributed by atoms with Gasteiger partial charge in [0.05, 0.1) is 0 Å². The first-order valence-electron chi connectivity index (χ1n) is 4.77. The number of halogens is 2. The molecule has 16 heavy (non-hydrogen) atoms. The summed E-state index contributed by atoms with van der Waals surface area (Å²) in [6.07, 6.45) is 0. The average molecular weight is 417 g/mol. The molecule has 0 fully saturated rings. The van der Waals surface area contributed by atoms with E-state index in [9.17, 15) is 0 Å². The van der Waals surface area contributed by atoms with Crippen molar-refractivity contribution in [1.82, 2.24) is 0 Å². The standard InChI is InChI=1S/C13H9.2ClH.Hf/c1-3-7-12-10(5-1)9-11-6-2-4-8-13(11)12;;;/h1-9H;2*1H;. The molecule has 3 heteroatoms. The van der Waals surface area contributed by atoms with Crippen LogP contribution in [0.3, 0.4) is 0 Å². The molecule has 0 N–H and O–H groups in total. The first-order valence-corrected chi connectivity index (χ1v) is 6.84. The Hall–Kier alpha value is -0.110. The van der Waals surface area contributed by atoms with Crippen molar-refractivity contribution in [3.8, 4) is 11.1 Å². The molecule has 0 saturated carbocycles. The summed E-state index contributed by atoms with van der Waals surface area (Å²) in [5, 5.41) is 0. The normalized spacial score (nSPS) is 11.9. The summed E-state index contributed by atoms with van der Waals surface area (Å²) < 4.78 is 0.697. The molecule has 0 saturated heterocycles. The van der Waals surface area contributed by atoms with Crippen LogP contribution in [0.15, 0.2) is 48.5 Å². The predicted molar refractivity (Wildman–Crippen MR) is 68.2 cm³/mol. The van der Waals surface area contributed by atoms with Gasteiger partial charge in [-0.05, 0) is 0 Å². The average Bonchev–Trinajstić information content (AvgIpc) is 2.55. The molecular formula is C13H11Cl2Hf. The van der Waals surface area contributed by atoms with Crippen molar-refractivity contribution in [3.05, 3.63) is 59.7 Å². The molecule has 0 bridgehead atoms. The van der Waals surface area contributed by atoms with Crippen LogP contribution < -0.4 is 0 Å². The number of fused-ring (bicyclic) bond motifs is 3. The third kappa shape index (κ3) is 2.01. The Morgan fingerprint density at radius 2 is 1.06 bits per heavy atom. The summed E-state index contributed by atoms with van der Waals surface area (Å²) in [6, 6.07) is 17.6. The van der Waals surface area contributed by atoms with Gasteiger partial charge >= 0.3 is 98.8 Å². The molecule has 0 radical (unpaired) electrons. The molecule has 0 atom stereocenters. The van der Waals surface area contributed by atoms with Gasteiger partial charge in [0.15, 0.2) is 0 Å². The van der Waals surface area contributed by atoms with Gasteiger partial charge in [0.1, 0.15) is 0 Å². The van der Waals surface area contributed by atoms with E-state index in [0.29, 0.717) is 3.67 Å². The number of rotatable bonds is 0. The predicted octanol–water partition coefficient (Wildman–Crippen LogP) is 4.15. The first kappa shape index (κ1) is 14.0. The van der Waals surface area contributed by atoms with Crippen molar-refractivity contribution in [1.29, 1.82) is 0 Å². The molecule has 81 valence electrons. The van der Waals surface area contributed by atoms with Crippen molar-refractivity contribution >= 4 is 24.8 Å². The van der Waals surface area contributed by atoms with E-state index in [1.807, 2.05) is 0 Å². The van der Waals surface area contributed by atoms with E-state index < -0.39 is 0 Å². The van der Waals surface area contributed by atoms with Crippen molar-refractivity contribution in [2.45, 2.75) is 3.67 Å². The maximum absolute atomic E-state index is 2.27. The summed E-state index contributed by atoms with van der Waals surface area (Å²) in [4.78, 5) is 0. The van der Waals surface area contributed by atoms with Gasteiger partial charge in [0.25, 0.3) is 0 Å². The summed E-state index contributed by atoms with van der Waals surface area (Å²) in [6.45, 7) is 0. The molecule has 2 aromatic rings. The van der Waals surface area contributed by atoms with Gasteiger partial charge in [-0.2, -0.15) is 0 Å². The molecule has 0 nitrogen and oxygen atoms in total. The second kappa shape index (κ2) is 5.48. The Morgan fingerprint density at radius 3 is 1.50 bits per heavy atom. The molecule has 3 rings (SSSR count). The third-order valence-corrected chi connectivity index (χ3v) is 5.07. The van der Waals surface area contributed by atoms with Gasteiger partial charge in [0.2, 0.25) is 0 Å². The summed E-state index contributed by atoms with van der Waals surface area (Å²) in [5.41, 5.74) is 5.95. The number of benzene rings is 2. The van der Waals surface area contributed by atoms with E-state index in [2.05, 4.69) is 48.5 Å². The van der Waals surface area contributed by atoms with E-state index in [0.717, 1.165) is 0 Å². The number of hydrogen-bond donors (Lipinski definition) is 0. The second-order valence-corrected chi connectivity index (χ2v) is 5.68. The molecule has 0 amide bonds. The van der Waals surface area contributed by atoms with E-state index in [4.69, 9.17) is 0 Å². The van der Waals surface area contributed by atoms with Gasteiger partial charge in [-0.15, -0.1) is 24.8 Å². The maximum atomic E-state index is 2.27. The Kier molecular flexibility index (Phi) is 4.78. The number of hydrogen-bond acceptors (Lipinski definition) is 0. The van der Waals surface area contributed by atoms with E-state index in [1.165, 1.54) is 46.6 Å². The summed E-state index contributed by atoms with van der Waals surface area (Å²) >= 11 is 1.21. The van der Waals surface area contributed by atoms with Gasteiger partial charge in [-0.3, -0.25) is 0 Å². The van der Waals surface area contributed by atoms with Crippen molar-refractivity contribution < 1.29 is 24.4 Å². The van der Waals surface area contributed by atoms with Crippen LogP contribution in [-0.2, 0) is 24.4 Å².